The van der Waals surface area contributed by atoms with Crippen LogP contribution in [0.25, 0.3) is 16.9 Å². The molecule has 0 bridgehead atoms. The van der Waals surface area contributed by atoms with E-state index >= 15 is 0 Å². The number of rotatable bonds is 31. The number of hydrogen-bond acceptors (Lipinski definition) is 0. The lowest BCUT2D eigenvalue weighted by Crippen LogP contribution is -2.06. The maximum atomic E-state index is 11.9. The maximum Gasteiger partial charge on any atom is 0.211 e. The van der Waals surface area contributed by atoms with E-state index < -0.39 is 0 Å². The molecule has 2 aromatic rings. The first-order valence-corrected chi connectivity index (χ1v) is 22.1. The first kappa shape index (κ1) is 43.4. The van der Waals surface area contributed by atoms with Crippen LogP contribution < -0.4 is 0 Å². The standard InChI is InChI=1S/C50H76N2/c1-4-7-10-12-14-16-18-20-22-24-26-28-30-37-44-39-32-34-41-47(44)49-43-46(36-9-6-3)50(52(49)51)48-42-35-33-40-45(48)38-31-29-27-25-23-21-19-17-15-13-11-8-5-2/h26-29,32-35,39-43H,4-25,30-31,36-38H2,1-3H3. The molecule has 1 heterocycles. The summed E-state index contributed by atoms with van der Waals surface area (Å²) >= 11 is 0. The second kappa shape index (κ2) is 28.5. The van der Waals surface area contributed by atoms with Gasteiger partial charge in [0, 0.05) is 22.8 Å². The van der Waals surface area contributed by atoms with Crippen molar-refractivity contribution in [3.8, 4) is 0 Å². The first-order chi connectivity index (χ1) is 25.7. The number of aryl methyl sites for hydroxylation is 2. The van der Waals surface area contributed by atoms with Crippen LogP contribution in [-0.4, -0.2) is 4.70 Å². The van der Waals surface area contributed by atoms with Crippen molar-refractivity contribution in [2.75, 3.05) is 0 Å². The van der Waals surface area contributed by atoms with E-state index in [9.17, 15) is 5.53 Å². The van der Waals surface area contributed by atoms with Gasteiger partial charge < -0.3 is 5.53 Å². The minimum absolute atomic E-state index is 0.922. The second-order valence-electron chi connectivity index (χ2n) is 15.4. The van der Waals surface area contributed by atoms with Crippen LogP contribution in [0.2, 0.25) is 0 Å². The van der Waals surface area contributed by atoms with Crippen molar-refractivity contribution in [3.63, 3.8) is 0 Å². The van der Waals surface area contributed by atoms with E-state index in [4.69, 9.17) is 0 Å². The molecular formula is C50H76N2. The van der Waals surface area contributed by atoms with Crippen LogP contribution in [0.3, 0.4) is 0 Å². The van der Waals surface area contributed by atoms with Gasteiger partial charge in [0.05, 0.1) is 0 Å². The highest BCUT2D eigenvalue weighted by Gasteiger charge is 2.30. The third kappa shape index (κ3) is 16.8. The van der Waals surface area contributed by atoms with E-state index in [-0.39, 0.29) is 0 Å². The molecule has 52 heavy (non-hydrogen) atoms. The van der Waals surface area contributed by atoms with Crippen molar-refractivity contribution in [1.82, 2.24) is 0 Å². The largest absolute Gasteiger partial charge is 0.493 e. The topological polar surface area (TPSA) is 25.3 Å². The second-order valence-corrected chi connectivity index (χ2v) is 15.4. The molecule has 2 nitrogen and oxygen atoms in total. The Kier molecular flexibility index (Phi) is 23.8. The summed E-state index contributed by atoms with van der Waals surface area (Å²) in [7, 11) is 0. The van der Waals surface area contributed by atoms with Gasteiger partial charge in [0.15, 0.2) is 0 Å². The Labute approximate surface area is 321 Å². The van der Waals surface area contributed by atoms with E-state index in [1.807, 2.05) is 0 Å². The monoisotopic (exact) mass is 705 g/mol. The number of allylic oxidation sites excluding steroid dienone is 6. The zero-order valence-electron chi connectivity index (χ0n) is 34.0. The molecule has 0 aromatic heterocycles. The highest BCUT2D eigenvalue weighted by molar-refractivity contribution is 5.80. The van der Waals surface area contributed by atoms with Gasteiger partial charge in [0.25, 0.3) is 0 Å². The summed E-state index contributed by atoms with van der Waals surface area (Å²) in [4.78, 5) is 0. The van der Waals surface area contributed by atoms with Crippen molar-refractivity contribution in [1.29, 1.82) is 0 Å². The van der Waals surface area contributed by atoms with Gasteiger partial charge >= 0.3 is 0 Å². The summed E-state index contributed by atoms with van der Waals surface area (Å²) in [6, 6.07) is 17.5. The number of benzene rings is 2. The van der Waals surface area contributed by atoms with Crippen molar-refractivity contribution in [3.05, 3.63) is 112 Å². The van der Waals surface area contributed by atoms with Crippen molar-refractivity contribution >= 4 is 11.4 Å². The molecular weight excluding hydrogens is 629 g/mol. The molecule has 0 aliphatic carbocycles. The van der Waals surface area contributed by atoms with Gasteiger partial charge in [0.2, 0.25) is 11.4 Å². The van der Waals surface area contributed by atoms with Crippen LogP contribution in [0.4, 0.5) is 0 Å². The summed E-state index contributed by atoms with van der Waals surface area (Å²) in [6.07, 6.45) is 46.3. The lowest BCUT2D eigenvalue weighted by molar-refractivity contribution is -0.344. The van der Waals surface area contributed by atoms with Crippen LogP contribution in [0, 0.1) is 0 Å². The molecule has 0 spiro atoms. The fourth-order valence-corrected chi connectivity index (χ4v) is 7.64. The van der Waals surface area contributed by atoms with Crippen molar-refractivity contribution in [2.45, 2.75) is 194 Å². The molecule has 0 radical (unpaired) electrons. The van der Waals surface area contributed by atoms with Gasteiger partial charge in [-0.2, -0.15) is 0 Å². The quantitative estimate of drug-likeness (QED) is 0.0424. The molecule has 2 heteroatoms. The summed E-state index contributed by atoms with van der Waals surface area (Å²) < 4.78 is 1.52. The molecule has 0 atom stereocenters. The lowest BCUT2D eigenvalue weighted by Gasteiger charge is -2.14. The Morgan fingerprint density at radius 1 is 0.442 bits per heavy atom. The number of hydrogen-bond donors (Lipinski definition) is 0. The van der Waals surface area contributed by atoms with Gasteiger partial charge in [0.1, 0.15) is 0 Å². The highest BCUT2D eigenvalue weighted by Crippen LogP contribution is 2.39. The minimum atomic E-state index is 0.922. The molecule has 0 N–H and O–H groups in total. The summed E-state index contributed by atoms with van der Waals surface area (Å²) in [5.74, 6) is 0. The third-order valence-corrected chi connectivity index (χ3v) is 10.9. The SMILES string of the molecule is CCCCCCCCCCCC=CCCc1ccccc1C1=CC(CCCC)=C(c2ccccc2CCC=CCCCCCCCCCCC)[N+]1=[N-]. The average Bonchev–Trinajstić information content (AvgIpc) is 3.49. The zero-order valence-corrected chi connectivity index (χ0v) is 34.0. The Hall–Kier alpha value is -3.00. The average molecular weight is 705 g/mol. The minimum Gasteiger partial charge on any atom is -0.493 e. The van der Waals surface area contributed by atoms with Gasteiger partial charge in [-0.05, 0) is 87.5 Å². The summed E-state index contributed by atoms with van der Waals surface area (Å²) in [5.41, 5.74) is 20.0. The number of unbranched alkanes of at least 4 members (excludes halogenated alkanes) is 19. The normalized spacial score (nSPS) is 13.4. The van der Waals surface area contributed by atoms with E-state index in [1.54, 1.807) is 0 Å². The van der Waals surface area contributed by atoms with E-state index in [0.717, 1.165) is 61.9 Å². The van der Waals surface area contributed by atoms with Gasteiger partial charge in [-0.1, -0.05) is 191 Å². The molecule has 0 saturated carbocycles. The van der Waals surface area contributed by atoms with Gasteiger partial charge in [-0.3, -0.25) is 0 Å². The molecule has 1 aliphatic heterocycles. The third-order valence-electron chi connectivity index (χ3n) is 10.9. The Bertz CT molecular complexity index is 1370. The predicted octanol–water partition coefficient (Wildman–Crippen LogP) is 16.5. The Morgan fingerprint density at radius 3 is 1.35 bits per heavy atom. The van der Waals surface area contributed by atoms with Crippen molar-refractivity contribution in [2.24, 2.45) is 0 Å². The van der Waals surface area contributed by atoms with Crippen LogP contribution in [-0.2, 0) is 12.8 Å². The Morgan fingerprint density at radius 2 is 0.846 bits per heavy atom. The Balaban J connectivity index is 1.52. The molecule has 0 amide bonds. The highest BCUT2D eigenvalue weighted by atomic mass is 15.2. The molecule has 1 aliphatic rings. The lowest BCUT2D eigenvalue weighted by atomic mass is 9.96. The van der Waals surface area contributed by atoms with E-state index in [1.165, 1.54) is 155 Å². The fraction of sp³-hybridized carbons (Fsp3) is 0.600. The summed E-state index contributed by atoms with van der Waals surface area (Å²) in [5, 5.41) is 0. The first-order valence-electron chi connectivity index (χ1n) is 22.1. The van der Waals surface area contributed by atoms with E-state index in [2.05, 4.69) is 99.7 Å². The van der Waals surface area contributed by atoms with Crippen LogP contribution in [0.15, 0.2) is 84.5 Å². The van der Waals surface area contributed by atoms with Crippen LogP contribution in [0.1, 0.15) is 204 Å². The van der Waals surface area contributed by atoms with Crippen LogP contribution in [0.5, 0.6) is 0 Å². The van der Waals surface area contributed by atoms with Gasteiger partial charge in [-0.15, -0.1) is 0 Å². The fourth-order valence-electron chi connectivity index (χ4n) is 7.64. The molecule has 3 rings (SSSR count). The van der Waals surface area contributed by atoms with Crippen molar-refractivity contribution < 1.29 is 4.70 Å². The smallest absolute Gasteiger partial charge is 0.211 e. The molecule has 286 valence electrons. The summed E-state index contributed by atoms with van der Waals surface area (Å²) in [6.45, 7) is 6.84. The van der Waals surface area contributed by atoms with Crippen LogP contribution >= 0.6 is 0 Å². The van der Waals surface area contributed by atoms with Gasteiger partial charge in [-0.25, -0.2) is 4.70 Å². The predicted molar refractivity (Wildman–Crippen MR) is 230 cm³/mol. The molecule has 0 saturated heterocycles. The molecule has 2 aromatic carbocycles. The zero-order chi connectivity index (χ0) is 36.9. The molecule has 0 unspecified atom stereocenters. The van der Waals surface area contributed by atoms with E-state index in [0.29, 0.717) is 0 Å². The maximum absolute atomic E-state index is 11.9. The molecule has 0 fully saturated rings. The number of nitrogens with zero attached hydrogens (tertiary/aromatic N) is 2.